The fourth-order valence-corrected chi connectivity index (χ4v) is 3.37. The van der Waals surface area contributed by atoms with Crippen molar-refractivity contribution in [2.45, 2.75) is 24.0 Å². The Bertz CT molecular complexity index is 746. The lowest BCUT2D eigenvalue weighted by atomic mass is 10.2. The van der Waals surface area contributed by atoms with Gasteiger partial charge in [0.2, 0.25) is 10.0 Å². The van der Waals surface area contributed by atoms with Gasteiger partial charge in [-0.1, -0.05) is 18.2 Å². The molecule has 0 amide bonds. The fraction of sp³-hybridized carbons (Fsp3) is 0.214. The molecule has 1 aromatic heterocycles. The molecule has 2 aromatic rings. The van der Waals surface area contributed by atoms with Gasteiger partial charge in [-0.05, 0) is 31.2 Å². The highest BCUT2D eigenvalue weighted by Gasteiger charge is 2.37. The first-order valence-electron chi connectivity index (χ1n) is 6.31. The van der Waals surface area contributed by atoms with Gasteiger partial charge in [0, 0.05) is 6.20 Å². The molecule has 4 nitrogen and oxygen atoms in total. The number of sulfonamides is 1. The molecule has 0 aliphatic carbocycles. The number of rotatable bonds is 4. The Hall–Kier alpha value is -1.93. The van der Waals surface area contributed by atoms with Crippen molar-refractivity contribution in [2.75, 3.05) is 0 Å². The van der Waals surface area contributed by atoms with Crippen molar-refractivity contribution in [3.05, 3.63) is 59.9 Å². The van der Waals surface area contributed by atoms with E-state index < -0.39 is 32.7 Å². The Morgan fingerprint density at radius 3 is 2.32 bits per heavy atom. The topological polar surface area (TPSA) is 59.1 Å². The van der Waals surface area contributed by atoms with Gasteiger partial charge < -0.3 is 0 Å². The van der Waals surface area contributed by atoms with Crippen molar-refractivity contribution >= 4 is 10.0 Å². The molecule has 0 bridgehead atoms. The van der Waals surface area contributed by atoms with E-state index in [0.717, 1.165) is 18.2 Å². The molecule has 22 heavy (non-hydrogen) atoms. The molecule has 1 N–H and O–H groups in total. The Kier molecular flexibility index (Phi) is 4.52. The van der Waals surface area contributed by atoms with Crippen molar-refractivity contribution in [1.82, 2.24) is 9.71 Å². The standard InChI is InChI=1S/C14H13F3N2O2S/c1-10(12-7-4-5-9-18-12)19-22(20,21)13-8-3-2-6-11(13)14(15,16)17/h2-10,19H,1H3. The van der Waals surface area contributed by atoms with E-state index in [4.69, 9.17) is 0 Å². The molecule has 1 heterocycles. The highest BCUT2D eigenvalue weighted by molar-refractivity contribution is 7.89. The van der Waals surface area contributed by atoms with Crippen LogP contribution in [0.2, 0.25) is 0 Å². The summed E-state index contributed by atoms with van der Waals surface area (Å²) >= 11 is 0. The van der Waals surface area contributed by atoms with Crippen LogP contribution in [0.5, 0.6) is 0 Å². The number of benzene rings is 1. The quantitative estimate of drug-likeness (QED) is 0.937. The van der Waals surface area contributed by atoms with Gasteiger partial charge in [-0.25, -0.2) is 13.1 Å². The van der Waals surface area contributed by atoms with E-state index in [9.17, 15) is 21.6 Å². The normalized spacial score (nSPS) is 13.8. The maximum absolute atomic E-state index is 12.9. The largest absolute Gasteiger partial charge is 0.417 e. The lowest BCUT2D eigenvalue weighted by molar-refractivity contribution is -0.139. The summed E-state index contributed by atoms with van der Waals surface area (Å²) in [6.07, 6.45) is -3.27. The highest BCUT2D eigenvalue weighted by Crippen LogP contribution is 2.34. The third-order valence-corrected chi connectivity index (χ3v) is 4.54. The molecule has 0 fully saturated rings. The molecule has 1 unspecified atom stereocenters. The first kappa shape index (κ1) is 16.4. The zero-order valence-corrected chi connectivity index (χ0v) is 12.3. The third-order valence-electron chi connectivity index (χ3n) is 2.95. The van der Waals surface area contributed by atoms with Gasteiger partial charge in [0.15, 0.2) is 0 Å². The van der Waals surface area contributed by atoms with Crippen LogP contribution in [0.4, 0.5) is 13.2 Å². The predicted molar refractivity (Wildman–Crippen MR) is 74.4 cm³/mol. The molecule has 118 valence electrons. The van der Waals surface area contributed by atoms with Crippen molar-refractivity contribution in [2.24, 2.45) is 0 Å². The van der Waals surface area contributed by atoms with Crippen LogP contribution in [-0.4, -0.2) is 13.4 Å². The summed E-state index contributed by atoms with van der Waals surface area (Å²) in [6.45, 7) is 1.51. The molecule has 0 saturated carbocycles. The minimum Gasteiger partial charge on any atom is -0.260 e. The van der Waals surface area contributed by atoms with Crippen LogP contribution in [0, 0.1) is 0 Å². The van der Waals surface area contributed by atoms with Gasteiger partial charge >= 0.3 is 6.18 Å². The van der Waals surface area contributed by atoms with Gasteiger partial charge in [-0.15, -0.1) is 0 Å². The number of alkyl halides is 3. The van der Waals surface area contributed by atoms with Crippen molar-refractivity contribution < 1.29 is 21.6 Å². The molecule has 0 aliphatic heterocycles. The summed E-state index contributed by atoms with van der Waals surface area (Å²) in [5.74, 6) is 0. The molecule has 8 heteroatoms. The van der Waals surface area contributed by atoms with Crippen LogP contribution in [-0.2, 0) is 16.2 Å². The molecule has 0 saturated heterocycles. The number of hydrogen-bond acceptors (Lipinski definition) is 3. The fourth-order valence-electron chi connectivity index (χ4n) is 1.92. The van der Waals surface area contributed by atoms with E-state index in [1.807, 2.05) is 0 Å². The Balaban J connectivity index is 2.36. The minimum absolute atomic E-state index is 0.413. The van der Waals surface area contributed by atoms with Crippen molar-refractivity contribution in [3.8, 4) is 0 Å². The maximum atomic E-state index is 12.9. The van der Waals surface area contributed by atoms with Crippen molar-refractivity contribution in [3.63, 3.8) is 0 Å². The number of hydrogen-bond donors (Lipinski definition) is 1. The zero-order valence-electron chi connectivity index (χ0n) is 11.5. The van der Waals surface area contributed by atoms with Gasteiger partial charge in [-0.3, -0.25) is 4.98 Å². The average Bonchev–Trinajstić information content (AvgIpc) is 2.47. The van der Waals surface area contributed by atoms with E-state index in [-0.39, 0.29) is 0 Å². The van der Waals surface area contributed by atoms with Crippen LogP contribution in [0.15, 0.2) is 53.6 Å². The third kappa shape index (κ3) is 3.63. The van der Waals surface area contributed by atoms with Gasteiger partial charge in [0.1, 0.15) is 0 Å². The van der Waals surface area contributed by atoms with Crippen LogP contribution < -0.4 is 4.72 Å². The monoisotopic (exact) mass is 330 g/mol. The number of halogens is 3. The van der Waals surface area contributed by atoms with Gasteiger partial charge in [-0.2, -0.15) is 13.2 Å². The molecule has 0 aliphatic rings. The lowest BCUT2D eigenvalue weighted by Crippen LogP contribution is -2.29. The zero-order chi connectivity index (χ0) is 16.4. The molecular weight excluding hydrogens is 317 g/mol. The van der Waals surface area contributed by atoms with Crippen LogP contribution in [0.25, 0.3) is 0 Å². The summed E-state index contributed by atoms with van der Waals surface area (Å²) < 4.78 is 65.5. The van der Waals surface area contributed by atoms with E-state index in [0.29, 0.717) is 5.69 Å². The molecule has 2 rings (SSSR count). The van der Waals surface area contributed by atoms with E-state index in [1.54, 1.807) is 18.2 Å². The molecule has 1 aromatic carbocycles. The van der Waals surface area contributed by atoms with Gasteiger partial charge in [0.05, 0.1) is 22.2 Å². The SMILES string of the molecule is CC(NS(=O)(=O)c1ccccc1C(F)(F)F)c1ccccn1. The summed E-state index contributed by atoms with van der Waals surface area (Å²) in [5.41, 5.74) is -0.786. The highest BCUT2D eigenvalue weighted by atomic mass is 32.2. The number of aromatic nitrogens is 1. The second-order valence-corrected chi connectivity index (χ2v) is 6.27. The smallest absolute Gasteiger partial charge is 0.260 e. The Morgan fingerprint density at radius 1 is 1.09 bits per heavy atom. The predicted octanol–water partition coefficient (Wildman–Crippen LogP) is 3.14. The summed E-state index contributed by atoms with van der Waals surface area (Å²) in [7, 11) is -4.33. The molecular formula is C14H13F3N2O2S. The lowest BCUT2D eigenvalue weighted by Gasteiger charge is -2.17. The summed E-state index contributed by atoms with van der Waals surface area (Å²) in [6, 6.07) is 8.20. The summed E-state index contributed by atoms with van der Waals surface area (Å²) in [4.78, 5) is 3.18. The van der Waals surface area contributed by atoms with E-state index >= 15 is 0 Å². The van der Waals surface area contributed by atoms with E-state index in [2.05, 4.69) is 9.71 Å². The minimum atomic E-state index is -4.75. The van der Waals surface area contributed by atoms with Crippen LogP contribution >= 0.6 is 0 Å². The number of pyridine rings is 1. The molecule has 1 atom stereocenters. The Labute approximate surface area is 126 Å². The molecule has 0 radical (unpaired) electrons. The summed E-state index contributed by atoms with van der Waals surface area (Å²) in [5, 5.41) is 0. The number of nitrogens with one attached hydrogen (secondary N) is 1. The Morgan fingerprint density at radius 2 is 1.73 bits per heavy atom. The van der Waals surface area contributed by atoms with E-state index in [1.165, 1.54) is 19.2 Å². The van der Waals surface area contributed by atoms with Gasteiger partial charge in [0.25, 0.3) is 0 Å². The first-order valence-corrected chi connectivity index (χ1v) is 7.79. The molecule has 0 spiro atoms. The van der Waals surface area contributed by atoms with Crippen LogP contribution in [0.1, 0.15) is 24.2 Å². The average molecular weight is 330 g/mol. The second-order valence-electron chi connectivity index (χ2n) is 4.59. The maximum Gasteiger partial charge on any atom is 0.417 e. The second kappa shape index (κ2) is 6.05. The van der Waals surface area contributed by atoms with Crippen molar-refractivity contribution in [1.29, 1.82) is 0 Å². The number of nitrogens with zero attached hydrogens (tertiary/aromatic N) is 1. The van der Waals surface area contributed by atoms with Crippen LogP contribution in [0.3, 0.4) is 0 Å². The first-order chi connectivity index (χ1) is 10.2.